The van der Waals surface area contributed by atoms with Crippen LogP contribution in [0.4, 0.5) is 5.69 Å². The molecule has 0 radical (unpaired) electrons. The summed E-state index contributed by atoms with van der Waals surface area (Å²) in [5.41, 5.74) is 2.56. The number of anilines is 1. The summed E-state index contributed by atoms with van der Waals surface area (Å²) in [7, 11) is -3.73. The number of sulfonamides is 1. The highest BCUT2D eigenvalue weighted by Gasteiger charge is 2.15. The van der Waals surface area contributed by atoms with Gasteiger partial charge in [-0.3, -0.25) is 9.52 Å². The predicted octanol–water partition coefficient (Wildman–Crippen LogP) is 4.12. The zero-order valence-corrected chi connectivity index (χ0v) is 17.7. The van der Waals surface area contributed by atoms with Crippen LogP contribution in [-0.4, -0.2) is 20.9 Å². The molecule has 0 aliphatic heterocycles. The number of nitrogens with one attached hydrogen (secondary N) is 2. The van der Waals surface area contributed by atoms with Gasteiger partial charge in [-0.05, 0) is 61.9 Å². The molecule has 6 nitrogen and oxygen atoms in total. The van der Waals surface area contributed by atoms with E-state index in [-0.39, 0.29) is 10.8 Å². The maximum Gasteiger partial charge on any atom is 0.261 e. The second-order valence-corrected chi connectivity index (χ2v) is 8.44. The topological polar surface area (TPSA) is 84.5 Å². The number of carbonyl (C=O) groups excluding carboxylic acids is 1. The highest BCUT2D eigenvalue weighted by molar-refractivity contribution is 7.92. The van der Waals surface area contributed by atoms with E-state index >= 15 is 0 Å². The van der Waals surface area contributed by atoms with E-state index in [1.807, 2.05) is 38.1 Å². The van der Waals surface area contributed by atoms with Crippen LogP contribution in [0.25, 0.3) is 0 Å². The fourth-order valence-corrected chi connectivity index (χ4v) is 3.90. The van der Waals surface area contributed by atoms with Crippen molar-refractivity contribution in [3.63, 3.8) is 0 Å². The van der Waals surface area contributed by atoms with Crippen molar-refractivity contribution in [3.05, 3.63) is 89.5 Å². The summed E-state index contributed by atoms with van der Waals surface area (Å²) in [5.74, 6) is 0.449. The Balaban J connectivity index is 1.68. The van der Waals surface area contributed by atoms with Gasteiger partial charge in [0.2, 0.25) is 0 Å². The number of aryl methyl sites for hydroxylation is 1. The van der Waals surface area contributed by atoms with Crippen molar-refractivity contribution < 1.29 is 17.9 Å². The molecule has 0 bridgehead atoms. The molecular formula is C23H24N2O4S. The van der Waals surface area contributed by atoms with E-state index in [1.165, 1.54) is 6.07 Å². The first-order valence-corrected chi connectivity index (χ1v) is 11.0. The number of ether oxygens (including phenoxy) is 1. The molecule has 0 unspecified atom stereocenters. The van der Waals surface area contributed by atoms with Gasteiger partial charge in [0.15, 0.2) is 0 Å². The Bertz CT molecular complexity index is 1130. The first kappa shape index (κ1) is 21.4. The zero-order chi connectivity index (χ0) is 21.6. The van der Waals surface area contributed by atoms with Gasteiger partial charge in [-0.2, -0.15) is 0 Å². The van der Waals surface area contributed by atoms with Crippen molar-refractivity contribution in [2.75, 3.05) is 11.3 Å². The second kappa shape index (κ2) is 9.45. The molecule has 0 aliphatic carbocycles. The van der Waals surface area contributed by atoms with Crippen LogP contribution in [-0.2, 0) is 16.6 Å². The van der Waals surface area contributed by atoms with Crippen molar-refractivity contribution in [3.8, 4) is 5.75 Å². The molecule has 0 atom stereocenters. The standard InChI is InChI=1S/C23H24N2O4S/c1-3-29-21-9-4-6-18(14-21)16-24-23(26)19-7-5-8-20(15-19)25-30(27,28)22-12-10-17(2)11-13-22/h4-15,25H,3,16H2,1-2H3,(H,24,26). The molecule has 0 spiro atoms. The van der Waals surface area contributed by atoms with Gasteiger partial charge in [-0.1, -0.05) is 35.9 Å². The lowest BCUT2D eigenvalue weighted by molar-refractivity contribution is 0.0951. The number of hydrogen-bond donors (Lipinski definition) is 2. The van der Waals surface area contributed by atoms with E-state index in [1.54, 1.807) is 42.5 Å². The smallest absolute Gasteiger partial charge is 0.261 e. The van der Waals surface area contributed by atoms with Crippen molar-refractivity contribution in [2.45, 2.75) is 25.3 Å². The van der Waals surface area contributed by atoms with E-state index in [0.29, 0.717) is 24.4 Å². The SMILES string of the molecule is CCOc1cccc(CNC(=O)c2cccc(NS(=O)(=O)c3ccc(C)cc3)c2)c1. The van der Waals surface area contributed by atoms with Crippen molar-refractivity contribution >= 4 is 21.6 Å². The summed E-state index contributed by atoms with van der Waals surface area (Å²) in [6, 6.07) is 20.4. The molecule has 156 valence electrons. The first-order chi connectivity index (χ1) is 14.4. The van der Waals surface area contributed by atoms with Crippen LogP contribution < -0.4 is 14.8 Å². The molecule has 3 aromatic rings. The minimum Gasteiger partial charge on any atom is -0.494 e. The summed E-state index contributed by atoms with van der Waals surface area (Å²) < 4.78 is 33.1. The van der Waals surface area contributed by atoms with Gasteiger partial charge in [0, 0.05) is 17.8 Å². The number of amides is 1. The monoisotopic (exact) mass is 424 g/mol. The Hall–Kier alpha value is -3.32. The Kier molecular flexibility index (Phi) is 6.74. The molecule has 0 heterocycles. The summed E-state index contributed by atoms with van der Waals surface area (Å²) in [6.07, 6.45) is 0. The molecule has 30 heavy (non-hydrogen) atoms. The number of benzene rings is 3. The van der Waals surface area contributed by atoms with Gasteiger partial charge in [-0.15, -0.1) is 0 Å². The van der Waals surface area contributed by atoms with Crippen LogP contribution in [0.3, 0.4) is 0 Å². The number of rotatable bonds is 8. The van der Waals surface area contributed by atoms with Crippen molar-refractivity contribution in [2.24, 2.45) is 0 Å². The molecule has 7 heteroatoms. The van der Waals surface area contributed by atoms with Crippen LogP contribution in [0.2, 0.25) is 0 Å². The van der Waals surface area contributed by atoms with Crippen molar-refractivity contribution in [1.82, 2.24) is 5.32 Å². The van der Waals surface area contributed by atoms with Crippen LogP contribution in [0, 0.1) is 6.92 Å². The molecular weight excluding hydrogens is 400 g/mol. The maximum atomic E-state index is 12.6. The summed E-state index contributed by atoms with van der Waals surface area (Å²) in [4.78, 5) is 12.7. The van der Waals surface area contributed by atoms with E-state index in [0.717, 1.165) is 16.9 Å². The lowest BCUT2D eigenvalue weighted by atomic mass is 10.1. The predicted molar refractivity (Wildman–Crippen MR) is 117 cm³/mol. The van der Waals surface area contributed by atoms with E-state index in [2.05, 4.69) is 10.0 Å². The third-order valence-corrected chi connectivity index (χ3v) is 5.77. The van der Waals surface area contributed by atoms with E-state index in [4.69, 9.17) is 4.74 Å². The van der Waals surface area contributed by atoms with E-state index in [9.17, 15) is 13.2 Å². The molecule has 0 saturated carbocycles. The Morgan fingerprint density at radius 2 is 1.70 bits per heavy atom. The van der Waals surface area contributed by atoms with Gasteiger partial charge in [0.1, 0.15) is 5.75 Å². The van der Waals surface area contributed by atoms with E-state index < -0.39 is 10.0 Å². The second-order valence-electron chi connectivity index (χ2n) is 6.76. The Labute approximate surface area is 177 Å². The Morgan fingerprint density at radius 3 is 2.43 bits per heavy atom. The first-order valence-electron chi connectivity index (χ1n) is 9.57. The largest absolute Gasteiger partial charge is 0.494 e. The van der Waals surface area contributed by atoms with Crippen LogP contribution in [0.5, 0.6) is 5.75 Å². The molecule has 0 aliphatic rings. The van der Waals surface area contributed by atoms with Gasteiger partial charge >= 0.3 is 0 Å². The lowest BCUT2D eigenvalue weighted by Gasteiger charge is -2.11. The van der Waals surface area contributed by atoms with Gasteiger partial charge in [-0.25, -0.2) is 8.42 Å². The van der Waals surface area contributed by atoms with Gasteiger partial charge in [0.25, 0.3) is 15.9 Å². The van der Waals surface area contributed by atoms with Crippen LogP contribution in [0.1, 0.15) is 28.4 Å². The minimum absolute atomic E-state index is 0.164. The highest BCUT2D eigenvalue weighted by Crippen LogP contribution is 2.18. The molecule has 3 aromatic carbocycles. The maximum absolute atomic E-state index is 12.6. The van der Waals surface area contributed by atoms with Crippen LogP contribution in [0.15, 0.2) is 77.7 Å². The molecule has 0 aromatic heterocycles. The molecule has 0 fully saturated rings. The normalized spacial score (nSPS) is 11.0. The average molecular weight is 425 g/mol. The third kappa shape index (κ3) is 5.61. The third-order valence-electron chi connectivity index (χ3n) is 4.37. The quantitative estimate of drug-likeness (QED) is 0.570. The summed E-state index contributed by atoms with van der Waals surface area (Å²) in [6.45, 7) is 4.70. The fraction of sp³-hybridized carbons (Fsp3) is 0.174. The van der Waals surface area contributed by atoms with Gasteiger partial charge < -0.3 is 10.1 Å². The molecule has 2 N–H and O–H groups in total. The van der Waals surface area contributed by atoms with Crippen LogP contribution >= 0.6 is 0 Å². The van der Waals surface area contributed by atoms with Gasteiger partial charge in [0.05, 0.1) is 11.5 Å². The molecule has 0 saturated heterocycles. The number of hydrogen-bond acceptors (Lipinski definition) is 4. The van der Waals surface area contributed by atoms with Crippen molar-refractivity contribution in [1.29, 1.82) is 0 Å². The lowest BCUT2D eigenvalue weighted by Crippen LogP contribution is -2.23. The molecule has 3 rings (SSSR count). The fourth-order valence-electron chi connectivity index (χ4n) is 2.85. The Morgan fingerprint density at radius 1 is 0.967 bits per heavy atom. The molecule has 1 amide bonds. The summed E-state index contributed by atoms with van der Waals surface area (Å²) in [5, 5.41) is 2.84. The zero-order valence-electron chi connectivity index (χ0n) is 16.9. The average Bonchev–Trinajstić information content (AvgIpc) is 2.73. The highest BCUT2D eigenvalue weighted by atomic mass is 32.2. The number of carbonyl (C=O) groups is 1. The minimum atomic E-state index is -3.73. The summed E-state index contributed by atoms with van der Waals surface area (Å²) >= 11 is 0.